The third-order valence-corrected chi connectivity index (χ3v) is 3.67. The standard InChI is InChI=1S/C11H17N5S/c1-11(2,3)10-13-5-8(17-10)4-12-6-9-14-7-15-16-9/h5,7,12H,4,6H2,1-3H3,(H,14,15,16). The summed E-state index contributed by atoms with van der Waals surface area (Å²) < 4.78 is 0. The van der Waals surface area contributed by atoms with Gasteiger partial charge in [-0.1, -0.05) is 20.8 Å². The number of rotatable bonds is 4. The number of aromatic amines is 1. The molecule has 2 aromatic rings. The van der Waals surface area contributed by atoms with Crippen LogP contribution in [0.25, 0.3) is 0 Å². The maximum Gasteiger partial charge on any atom is 0.138 e. The molecule has 6 heteroatoms. The van der Waals surface area contributed by atoms with Crippen LogP contribution >= 0.6 is 11.3 Å². The van der Waals surface area contributed by atoms with Gasteiger partial charge in [0.05, 0.1) is 11.6 Å². The summed E-state index contributed by atoms with van der Waals surface area (Å²) in [5.74, 6) is 0.852. The van der Waals surface area contributed by atoms with E-state index >= 15 is 0 Å². The molecule has 0 saturated carbocycles. The normalized spacial score (nSPS) is 11.9. The van der Waals surface area contributed by atoms with Gasteiger partial charge in [-0.25, -0.2) is 9.97 Å². The zero-order valence-corrected chi connectivity index (χ0v) is 11.1. The summed E-state index contributed by atoms with van der Waals surface area (Å²) in [6.45, 7) is 8.05. The van der Waals surface area contributed by atoms with Crippen molar-refractivity contribution in [2.75, 3.05) is 0 Å². The minimum Gasteiger partial charge on any atom is -0.305 e. The fourth-order valence-electron chi connectivity index (χ4n) is 1.36. The number of nitrogens with one attached hydrogen (secondary N) is 2. The van der Waals surface area contributed by atoms with E-state index < -0.39 is 0 Å². The highest BCUT2D eigenvalue weighted by Gasteiger charge is 2.17. The van der Waals surface area contributed by atoms with Gasteiger partial charge in [0.2, 0.25) is 0 Å². The third kappa shape index (κ3) is 3.34. The summed E-state index contributed by atoms with van der Waals surface area (Å²) in [6.07, 6.45) is 3.46. The molecule has 0 radical (unpaired) electrons. The highest BCUT2D eigenvalue weighted by atomic mass is 32.1. The van der Waals surface area contributed by atoms with Gasteiger partial charge in [0.1, 0.15) is 12.2 Å². The second-order valence-electron chi connectivity index (χ2n) is 4.92. The van der Waals surface area contributed by atoms with E-state index in [4.69, 9.17) is 0 Å². The molecule has 17 heavy (non-hydrogen) atoms. The zero-order valence-electron chi connectivity index (χ0n) is 10.3. The lowest BCUT2D eigenvalue weighted by molar-refractivity contribution is 0.585. The molecule has 0 aliphatic heterocycles. The second kappa shape index (κ2) is 4.93. The molecule has 2 aromatic heterocycles. The fourth-order valence-corrected chi connectivity index (χ4v) is 2.30. The predicted molar refractivity (Wildman–Crippen MR) is 67.7 cm³/mol. The van der Waals surface area contributed by atoms with Gasteiger partial charge >= 0.3 is 0 Å². The van der Waals surface area contributed by atoms with E-state index in [0.717, 1.165) is 12.4 Å². The Kier molecular flexibility index (Phi) is 3.54. The molecular weight excluding hydrogens is 234 g/mol. The molecule has 0 atom stereocenters. The predicted octanol–water partition coefficient (Wildman–Crippen LogP) is 1.85. The van der Waals surface area contributed by atoms with Gasteiger partial charge in [-0.2, -0.15) is 5.10 Å². The minimum atomic E-state index is 0.133. The van der Waals surface area contributed by atoms with Crippen LogP contribution in [0.1, 0.15) is 36.5 Å². The summed E-state index contributed by atoms with van der Waals surface area (Å²) in [7, 11) is 0. The van der Waals surface area contributed by atoms with Crippen LogP contribution in [-0.2, 0) is 18.5 Å². The molecule has 0 aliphatic rings. The second-order valence-corrected chi connectivity index (χ2v) is 6.03. The summed E-state index contributed by atoms with van der Waals surface area (Å²) >= 11 is 1.76. The van der Waals surface area contributed by atoms with Crippen molar-refractivity contribution in [2.24, 2.45) is 0 Å². The lowest BCUT2D eigenvalue weighted by Gasteiger charge is -2.13. The Bertz CT molecular complexity index is 454. The largest absolute Gasteiger partial charge is 0.305 e. The first-order chi connectivity index (χ1) is 8.05. The maximum absolute atomic E-state index is 4.45. The Labute approximate surface area is 105 Å². The molecule has 92 valence electrons. The number of nitrogens with zero attached hydrogens (tertiary/aromatic N) is 3. The molecule has 0 amide bonds. The van der Waals surface area contributed by atoms with Crippen LogP contribution in [0.3, 0.4) is 0 Å². The van der Waals surface area contributed by atoms with E-state index in [1.807, 2.05) is 6.20 Å². The molecule has 2 heterocycles. The molecule has 5 nitrogen and oxygen atoms in total. The average Bonchev–Trinajstić information content (AvgIpc) is 2.86. The van der Waals surface area contributed by atoms with Crippen molar-refractivity contribution in [1.82, 2.24) is 25.5 Å². The summed E-state index contributed by atoms with van der Waals surface area (Å²) in [5.41, 5.74) is 0.133. The zero-order chi connectivity index (χ0) is 12.3. The molecule has 0 fully saturated rings. The smallest absolute Gasteiger partial charge is 0.138 e. The molecule has 0 bridgehead atoms. The molecule has 0 aliphatic carbocycles. The Morgan fingerprint density at radius 3 is 2.71 bits per heavy atom. The first-order valence-corrected chi connectivity index (χ1v) is 6.37. The van der Waals surface area contributed by atoms with Crippen molar-refractivity contribution in [3.05, 3.63) is 28.2 Å². The van der Waals surface area contributed by atoms with Crippen LogP contribution in [0.2, 0.25) is 0 Å². The maximum atomic E-state index is 4.45. The van der Waals surface area contributed by atoms with Gasteiger partial charge < -0.3 is 5.32 Å². The van der Waals surface area contributed by atoms with Gasteiger partial charge in [-0.15, -0.1) is 11.3 Å². The van der Waals surface area contributed by atoms with Gasteiger partial charge in [0.15, 0.2) is 0 Å². The number of H-pyrrole nitrogens is 1. The van der Waals surface area contributed by atoms with Crippen LogP contribution < -0.4 is 5.32 Å². The van der Waals surface area contributed by atoms with Crippen LogP contribution in [-0.4, -0.2) is 20.2 Å². The SMILES string of the molecule is CC(C)(C)c1ncc(CNCc2ncn[nH]2)s1. The minimum absolute atomic E-state index is 0.133. The lowest BCUT2D eigenvalue weighted by Crippen LogP contribution is -2.13. The molecule has 0 spiro atoms. The summed E-state index contributed by atoms with van der Waals surface area (Å²) in [4.78, 5) is 9.74. The van der Waals surface area contributed by atoms with Crippen LogP contribution in [0.15, 0.2) is 12.5 Å². The first-order valence-electron chi connectivity index (χ1n) is 5.56. The number of thiazole rings is 1. The summed E-state index contributed by atoms with van der Waals surface area (Å²) in [6, 6.07) is 0. The Balaban J connectivity index is 1.85. The van der Waals surface area contributed by atoms with Gasteiger partial charge in [-0.05, 0) is 0 Å². The number of hydrogen-bond acceptors (Lipinski definition) is 5. The molecule has 0 saturated heterocycles. The molecule has 2 N–H and O–H groups in total. The molecular formula is C11H17N5S. The van der Waals surface area contributed by atoms with Crippen molar-refractivity contribution >= 4 is 11.3 Å². The Morgan fingerprint density at radius 2 is 2.12 bits per heavy atom. The van der Waals surface area contributed by atoms with E-state index in [1.165, 1.54) is 16.2 Å². The van der Waals surface area contributed by atoms with Crippen molar-refractivity contribution in [1.29, 1.82) is 0 Å². The molecule has 2 rings (SSSR count). The highest BCUT2D eigenvalue weighted by Crippen LogP contribution is 2.26. The molecule has 0 unspecified atom stereocenters. The van der Waals surface area contributed by atoms with Crippen molar-refractivity contribution < 1.29 is 0 Å². The van der Waals surface area contributed by atoms with Crippen molar-refractivity contribution in [3.8, 4) is 0 Å². The van der Waals surface area contributed by atoms with Crippen molar-refractivity contribution in [2.45, 2.75) is 39.3 Å². The average molecular weight is 251 g/mol. The van der Waals surface area contributed by atoms with Crippen LogP contribution in [0.5, 0.6) is 0 Å². The molecule has 0 aromatic carbocycles. The van der Waals surface area contributed by atoms with E-state index in [-0.39, 0.29) is 5.41 Å². The van der Waals surface area contributed by atoms with E-state index in [2.05, 4.69) is 46.3 Å². The summed E-state index contributed by atoms with van der Waals surface area (Å²) in [5, 5.41) is 11.1. The number of hydrogen-bond donors (Lipinski definition) is 2. The van der Waals surface area contributed by atoms with Gasteiger partial charge in [-0.3, -0.25) is 5.10 Å². The van der Waals surface area contributed by atoms with E-state index in [1.54, 1.807) is 11.3 Å². The first kappa shape index (κ1) is 12.2. The van der Waals surface area contributed by atoms with Crippen LogP contribution in [0, 0.1) is 0 Å². The van der Waals surface area contributed by atoms with Gasteiger partial charge in [0, 0.05) is 23.0 Å². The Hall–Kier alpha value is -1.27. The fraction of sp³-hybridized carbons (Fsp3) is 0.545. The Morgan fingerprint density at radius 1 is 1.29 bits per heavy atom. The quantitative estimate of drug-likeness (QED) is 0.870. The van der Waals surface area contributed by atoms with Crippen LogP contribution in [0.4, 0.5) is 0 Å². The van der Waals surface area contributed by atoms with Crippen molar-refractivity contribution in [3.63, 3.8) is 0 Å². The third-order valence-electron chi connectivity index (χ3n) is 2.25. The van der Waals surface area contributed by atoms with E-state index in [0.29, 0.717) is 6.54 Å². The topological polar surface area (TPSA) is 66.5 Å². The van der Waals surface area contributed by atoms with Gasteiger partial charge in [0.25, 0.3) is 0 Å². The highest BCUT2D eigenvalue weighted by molar-refractivity contribution is 7.11. The lowest BCUT2D eigenvalue weighted by atomic mass is 9.98. The van der Waals surface area contributed by atoms with E-state index in [9.17, 15) is 0 Å². The monoisotopic (exact) mass is 251 g/mol. The number of aromatic nitrogens is 4.